The number of carbonyl (C=O) groups is 2. The summed E-state index contributed by atoms with van der Waals surface area (Å²) in [7, 11) is 1.30. The van der Waals surface area contributed by atoms with Gasteiger partial charge in [-0.3, -0.25) is 9.89 Å². The summed E-state index contributed by atoms with van der Waals surface area (Å²) < 4.78 is 4.71. The lowest BCUT2D eigenvalue weighted by Crippen LogP contribution is -2.17. The highest BCUT2D eigenvalue weighted by Crippen LogP contribution is 2.23. The van der Waals surface area contributed by atoms with Gasteiger partial charge in [-0.25, -0.2) is 9.78 Å². The maximum atomic E-state index is 12.1. The van der Waals surface area contributed by atoms with Gasteiger partial charge in [-0.1, -0.05) is 30.0 Å². The number of amides is 1. The van der Waals surface area contributed by atoms with Gasteiger partial charge in [-0.05, 0) is 23.6 Å². The van der Waals surface area contributed by atoms with Crippen molar-refractivity contribution in [2.75, 3.05) is 18.2 Å². The molecule has 2 aromatic heterocycles. The molecule has 2 heterocycles. The topological polar surface area (TPSA) is 97.0 Å². The Balaban J connectivity index is 1.60. The number of nitrogens with one attached hydrogen (secondary N) is 2. The maximum Gasteiger partial charge on any atom is 0.339 e. The number of para-hydroxylation sites is 1. The van der Waals surface area contributed by atoms with E-state index in [1.54, 1.807) is 35.6 Å². The van der Waals surface area contributed by atoms with Crippen LogP contribution in [0.4, 0.5) is 5.69 Å². The van der Waals surface area contributed by atoms with Gasteiger partial charge < -0.3 is 10.1 Å². The van der Waals surface area contributed by atoms with Gasteiger partial charge in [0.1, 0.15) is 0 Å². The molecule has 0 saturated carbocycles. The average Bonchev–Trinajstić information content (AvgIpc) is 3.31. The van der Waals surface area contributed by atoms with Crippen molar-refractivity contribution in [3.63, 3.8) is 0 Å². The smallest absolute Gasteiger partial charge is 0.339 e. The van der Waals surface area contributed by atoms with E-state index < -0.39 is 5.97 Å². The van der Waals surface area contributed by atoms with E-state index in [0.29, 0.717) is 22.2 Å². The first-order valence-electron chi connectivity index (χ1n) is 7.23. The number of carbonyl (C=O) groups excluding carboxylic acids is 2. The number of hydrogen-bond acceptors (Lipinski definition) is 7. The second kappa shape index (κ2) is 7.95. The zero-order valence-electron chi connectivity index (χ0n) is 13.2. The van der Waals surface area contributed by atoms with Crippen LogP contribution in [0.3, 0.4) is 0 Å². The Labute approximate surface area is 151 Å². The number of nitrogens with zero attached hydrogens (tertiary/aromatic N) is 2. The number of aromatic nitrogens is 3. The number of thiophene rings is 1. The summed E-state index contributed by atoms with van der Waals surface area (Å²) in [6.45, 7) is 0. The second-order valence-electron chi connectivity index (χ2n) is 4.82. The molecule has 3 rings (SSSR count). The number of benzene rings is 1. The summed E-state index contributed by atoms with van der Waals surface area (Å²) in [4.78, 5) is 29.2. The third-order valence-electron chi connectivity index (χ3n) is 3.16. The van der Waals surface area contributed by atoms with Crippen molar-refractivity contribution < 1.29 is 14.3 Å². The van der Waals surface area contributed by atoms with Gasteiger partial charge in [0.05, 0.1) is 29.0 Å². The van der Waals surface area contributed by atoms with Gasteiger partial charge in [0, 0.05) is 0 Å². The van der Waals surface area contributed by atoms with Crippen molar-refractivity contribution in [3.05, 3.63) is 47.3 Å². The fraction of sp³-hybridized carbons (Fsp3) is 0.125. The van der Waals surface area contributed by atoms with E-state index in [2.05, 4.69) is 20.5 Å². The van der Waals surface area contributed by atoms with E-state index >= 15 is 0 Å². The van der Waals surface area contributed by atoms with Gasteiger partial charge in [-0.2, -0.15) is 0 Å². The van der Waals surface area contributed by atoms with E-state index in [1.807, 2.05) is 17.5 Å². The number of rotatable bonds is 6. The zero-order chi connectivity index (χ0) is 17.6. The van der Waals surface area contributed by atoms with Crippen molar-refractivity contribution in [1.29, 1.82) is 0 Å². The second-order valence-corrected chi connectivity index (χ2v) is 6.71. The van der Waals surface area contributed by atoms with Gasteiger partial charge >= 0.3 is 5.97 Å². The first-order valence-corrected chi connectivity index (χ1v) is 9.10. The highest BCUT2D eigenvalue weighted by Gasteiger charge is 2.14. The Kier molecular flexibility index (Phi) is 5.46. The van der Waals surface area contributed by atoms with Crippen LogP contribution in [-0.2, 0) is 9.53 Å². The Bertz CT molecular complexity index is 877. The van der Waals surface area contributed by atoms with Crippen molar-refractivity contribution in [1.82, 2.24) is 15.2 Å². The lowest BCUT2D eigenvalue weighted by molar-refractivity contribution is -0.113. The van der Waals surface area contributed by atoms with E-state index in [4.69, 9.17) is 4.74 Å². The zero-order valence-corrected chi connectivity index (χ0v) is 14.8. The molecule has 0 bridgehead atoms. The van der Waals surface area contributed by atoms with Crippen LogP contribution in [0.5, 0.6) is 0 Å². The predicted octanol–water partition coefficient (Wildman–Crippen LogP) is 3.05. The SMILES string of the molecule is COC(=O)c1ccccc1NC(=O)CSc1n[nH]c(-c2cccs2)n1. The lowest BCUT2D eigenvalue weighted by atomic mass is 10.2. The van der Waals surface area contributed by atoms with Crippen LogP contribution >= 0.6 is 23.1 Å². The van der Waals surface area contributed by atoms with Crippen molar-refractivity contribution in [3.8, 4) is 10.7 Å². The van der Waals surface area contributed by atoms with E-state index in [0.717, 1.165) is 4.88 Å². The first kappa shape index (κ1) is 17.2. The first-order chi connectivity index (χ1) is 12.2. The molecule has 128 valence electrons. The molecular formula is C16H14N4O3S2. The van der Waals surface area contributed by atoms with Crippen LogP contribution < -0.4 is 5.32 Å². The summed E-state index contributed by atoms with van der Waals surface area (Å²) in [5, 5.41) is 12.1. The standard InChI is InChI=1S/C16H14N4O3S2/c1-23-15(22)10-5-2-3-6-11(10)17-13(21)9-25-16-18-14(19-20-16)12-7-4-8-24-12/h2-8H,9H2,1H3,(H,17,21)(H,18,19,20). The van der Waals surface area contributed by atoms with Crippen molar-refractivity contribution in [2.45, 2.75) is 5.16 Å². The van der Waals surface area contributed by atoms with Crippen molar-refractivity contribution in [2.24, 2.45) is 0 Å². The molecule has 3 aromatic rings. The van der Waals surface area contributed by atoms with Gasteiger partial charge in [0.15, 0.2) is 5.82 Å². The molecule has 25 heavy (non-hydrogen) atoms. The number of H-pyrrole nitrogens is 1. The number of aromatic amines is 1. The highest BCUT2D eigenvalue weighted by atomic mass is 32.2. The lowest BCUT2D eigenvalue weighted by Gasteiger charge is -2.08. The Morgan fingerprint density at radius 3 is 2.88 bits per heavy atom. The maximum absolute atomic E-state index is 12.1. The fourth-order valence-electron chi connectivity index (χ4n) is 2.03. The predicted molar refractivity (Wildman–Crippen MR) is 96.8 cm³/mol. The minimum absolute atomic E-state index is 0.122. The van der Waals surface area contributed by atoms with E-state index in [-0.39, 0.29) is 11.7 Å². The van der Waals surface area contributed by atoms with Crippen LogP contribution in [0.1, 0.15) is 10.4 Å². The molecule has 0 aliphatic carbocycles. The third kappa shape index (κ3) is 4.25. The Morgan fingerprint density at radius 2 is 2.12 bits per heavy atom. The molecule has 0 aliphatic rings. The molecule has 0 saturated heterocycles. The molecule has 0 atom stereocenters. The van der Waals surface area contributed by atoms with Crippen LogP contribution in [0, 0.1) is 0 Å². The molecule has 1 amide bonds. The summed E-state index contributed by atoms with van der Waals surface area (Å²) >= 11 is 2.76. The van der Waals surface area contributed by atoms with Gasteiger partial charge in [-0.15, -0.1) is 16.4 Å². The number of hydrogen-bond donors (Lipinski definition) is 2. The summed E-state index contributed by atoms with van der Waals surface area (Å²) in [5.41, 5.74) is 0.718. The number of methoxy groups -OCH3 is 1. The summed E-state index contributed by atoms with van der Waals surface area (Å²) in [6.07, 6.45) is 0. The molecule has 2 N–H and O–H groups in total. The molecule has 0 unspecified atom stereocenters. The minimum Gasteiger partial charge on any atom is -0.465 e. The molecular weight excluding hydrogens is 360 g/mol. The number of thioether (sulfide) groups is 1. The fourth-order valence-corrected chi connectivity index (χ4v) is 3.29. The average molecular weight is 374 g/mol. The molecule has 1 aromatic carbocycles. The quantitative estimate of drug-likeness (QED) is 0.508. The van der Waals surface area contributed by atoms with Crippen molar-refractivity contribution >= 4 is 40.7 Å². The van der Waals surface area contributed by atoms with Gasteiger partial charge in [0.25, 0.3) is 0 Å². The van der Waals surface area contributed by atoms with Crippen LogP contribution in [0.25, 0.3) is 10.7 Å². The Morgan fingerprint density at radius 1 is 1.28 bits per heavy atom. The summed E-state index contributed by atoms with van der Waals surface area (Å²) in [6, 6.07) is 10.6. The number of ether oxygens (including phenoxy) is 1. The number of anilines is 1. The highest BCUT2D eigenvalue weighted by molar-refractivity contribution is 7.99. The number of esters is 1. The van der Waals surface area contributed by atoms with Gasteiger partial charge in [0.2, 0.25) is 11.1 Å². The molecule has 0 spiro atoms. The van der Waals surface area contributed by atoms with Crippen LogP contribution in [0.2, 0.25) is 0 Å². The van der Waals surface area contributed by atoms with E-state index in [9.17, 15) is 9.59 Å². The molecule has 7 nitrogen and oxygen atoms in total. The molecule has 9 heteroatoms. The normalized spacial score (nSPS) is 10.4. The third-order valence-corrected chi connectivity index (χ3v) is 4.88. The minimum atomic E-state index is -0.502. The molecule has 0 radical (unpaired) electrons. The monoisotopic (exact) mass is 374 g/mol. The molecule has 0 aliphatic heterocycles. The van der Waals surface area contributed by atoms with E-state index in [1.165, 1.54) is 18.9 Å². The van der Waals surface area contributed by atoms with Crippen LogP contribution in [0.15, 0.2) is 46.9 Å². The largest absolute Gasteiger partial charge is 0.465 e. The van der Waals surface area contributed by atoms with Crippen LogP contribution in [-0.4, -0.2) is 39.9 Å². The summed E-state index contributed by atoms with van der Waals surface area (Å²) in [5.74, 6) is 0.0351. The molecule has 0 fully saturated rings. The Hall–Kier alpha value is -2.65.